The van der Waals surface area contributed by atoms with E-state index in [-0.39, 0.29) is 0 Å². The predicted molar refractivity (Wildman–Crippen MR) is 93.9 cm³/mol. The Morgan fingerprint density at radius 1 is 0.810 bits per heavy atom. The molecule has 0 aromatic carbocycles. The van der Waals surface area contributed by atoms with Crippen LogP contribution in [0.5, 0.6) is 0 Å². The maximum absolute atomic E-state index is 4.41. The van der Waals surface area contributed by atoms with Gasteiger partial charge in [-0.25, -0.2) is 0 Å². The smallest absolute Gasteiger partial charge is 0.0302 e. The Kier molecular flexibility index (Phi) is 10.2. The number of hydrogen-bond acceptors (Lipinski definition) is 1. The molecule has 1 heteroatoms. The van der Waals surface area contributed by atoms with Crippen LogP contribution in [0.1, 0.15) is 102 Å². The van der Waals surface area contributed by atoms with Gasteiger partial charge >= 0.3 is 0 Å². The van der Waals surface area contributed by atoms with Gasteiger partial charge in [0.05, 0.1) is 0 Å². The van der Waals surface area contributed by atoms with Crippen LogP contribution < -0.4 is 0 Å². The lowest BCUT2D eigenvalue weighted by Crippen LogP contribution is -2.01. The van der Waals surface area contributed by atoms with E-state index in [1.54, 1.807) is 0 Å². The molecule has 0 aliphatic carbocycles. The molecule has 21 heavy (non-hydrogen) atoms. The van der Waals surface area contributed by atoms with Crippen molar-refractivity contribution in [3.8, 4) is 0 Å². The molecular weight excluding hydrogens is 254 g/mol. The topological polar surface area (TPSA) is 12.9 Å². The zero-order chi connectivity index (χ0) is 15.3. The second-order valence-electron chi connectivity index (χ2n) is 6.54. The highest BCUT2D eigenvalue weighted by atomic mass is 14.6. The Morgan fingerprint density at radius 3 is 1.95 bits per heavy atom. The van der Waals surface area contributed by atoms with Crippen LogP contribution in [0.2, 0.25) is 0 Å². The molecule has 1 aromatic rings. The maximum Gasteiger partial charge on any atom is 0.0302 e. The quantitative estimate of drug-likeness (QED) is 0.385. The monoisotopic (exact) mass is 289 g/mol. The third-order valence-corrected chi connectivity index (χ3v) is 4.43. The largest absolute Gasteiger partial charge is 0.264 e. The van der Waals surface area contributed by atoms with Crippen LogP contribution in [0.25, 0.3) is 0 Å². The van der Waals surface area contributed by atoms with Gasteiger partial charge in [0.1, 0.15) is 0 Å². The predicted octanol–water partition coefficient (Wildman–Crippen LogP) is 6.80. The van der Waals surface area contributed by atoms with Crippen LogP contribution in [0.15, 0.2) is 18.5 Å². The Labute approximate surface area is 132 Å². The number of unbranched alkanes of at least 4 members (excludes halogenated alkanes) is 7. The van der Waals surface area contributed by atoms with Gasteiger partial charge < -0.3 is 0 Å². The summed E-state index contributed by atoms with van der Waals surface area (Å²) >= 11 is 0. The molecule has 0 bridgehead atoms. The number of pyridine rings is 1. The number of hydrogen-bond donors (Lipinski definition) is 0. The minimum Gasteiger partial charge on any atom is -0.264 e. The van der Waals surface area contributed by atoms with Crippen molar-refractivity contribution in [3.05, 3.63) is 29.6 Å². The second kappa shape index (κ2) is 11.8. The average Bonchev–Trinajstić information content (AvgIpc) is 2.49. The molecule has 0 aliphatic heterocycles. The van der Waals surface area contributed by atoms with Crippen molar-refractivity contribution in [2.45, 2.75) is 97.3 Å². The minimum atomic E-state index is 0.732. The fraction of sp³-hybridized carbons (Fsp3) is 0.750. The van der Waals surface area contributed by atoms with Crippen molar-refractivity contribution >= 4 is 0 Å². The summed E-state index contributed by atoms with van der Waals surface area (Å²) in [7, 11) is 0. The van der Waals surface area contributed by atoms with Gasteiger partial charge in [0, 0.05) is 12.4 Å². The van der Waals surface area contributed by atoms with Gasteiger partial charge in [-0.1, -0.05) is 77.7 Å². The Hall–Kier alpha value is -0.850. The summed E-state index contributed by atoms with van der Waals surface area (Å²) in [5.41, 5.74) is 2.78. The van der Waals surface area contributed by atoms with Crippen molar-refractivity contribution in [2.75, 3.05) is 0 Å². The first-order chi connectivity index (χ1) is 10.3. The highest BCUT2D eigenvalue weighted by Gasteiger charge is 2.11. The second-order valence-corrected chi connectivity index (χ2v) is 6.54. The summed E-state index contributed by atoms with van der Waals surface area (Å²) < 4.78 is 0. The van der Waals surface area contributed by atoms with Crippen LogP contribution in [-0.4, -0.2) is 4.98 Å². The molecule has 1 heterocycles. The van der Waals surface area contributed by atoms with E-state index in [1.807, 2.05) is 6.20 Å². The molecule has 0 saturated carbocycles. The minimum absolute atomic E-state index is 0.732. The summed E-state index contributed by atoms with van der Waals surface area (Å²) in [6.45, 7) is 6.73. The van der Waals surface area contributed by atoms with Crippen LogP contribution in [0.4, 0.5) is 0 Å². The van der Waals surface area contributed by atoms with Crippen LogP contribution in [0, 0.1) is 6.92 Å². The van der Waals surface area contributed by atoms with Gasteiger partial charge in [-0.05, 0) is 36.8 Å². The van der Waals surface area contributed by atoms with E-state index < -0.39 is 0 Å². The summed E-state index contributed by atoms with van der Waals surface area (Å²) in [6, 6.07) is 2.35. The molecular formula is C20H35N. The molecule has 1 rings (SSSR count). The normalized spacial score (nSPS) is 12.5. The third-order valence-electron chi connectivity index (χ3n) is 4.43. The number of aryl methyl sites for hydroxylation is 1. The maximum atomic E-state index is 4.41. The molecule has 0 N–H and O–H groups in total. The first-order valence-electron chi connectivity index (χ1n) is 9.19. The van der Waals surface area contributed by atoms with Crippen molar-refractivity contribution in [3.63, 3.8) is 0 Å². The Bertz CT molecular complexity index is 359. The summed E-state index contributed by atoms with van der Waals surface area (Å²) in [5, 5.41) is 0. The van der Waals surface area contributed by atoms with Crippen LogP contribution >= 0.6 is 0 Å². The lowest BCUT2D eigenvalue weighted by molar-refractivity contribution is 0.492. The van der Waals surface area contributed by atoms with Gasteiger partial charge in [0.15, 0.2) is 0 Å². The van der Waals surface area contributed by atoms with Gasteiger partial charge in [-0.2, -0.15) is 0 Å². The van der Waals surface area contributed by atoms with E-state index in [1.165, 1.54) is 81.8 Å². The zero-order valence-corrected chi connectivity index (χ0v) is 14.5. The molecule has 0 fully saturated rings. The zero-order valence-electron chi connectivity index (χ0n) is 14.5. The molecule has 1 aromatic heterocycles. The van der Waals surface area contributed by atoms with Crippen molar-refractivity contribution in [1.29, 1.82) is 0 Å². The number of nitrogens with zero attached hydrogens (tertiary/aromatic N) is 1. The summed E-state index contributed by atoms with van der Waals surface area (Å²) in [4.78, 5) is 4.41. The van der Waals surface area contributed by atoms with Crippen molar-refractivity contribution in [1.82, 2.24) is 4.98 Å². The van der Waals surface area contributed by atoms with Gasteiger partial charge in [-0.3, -0.25) is 4.98 Å². The van der Waals surface area contributed by atoms with Gasteiger partial charge in [-0.15, -0.1) is 0 Å². The van der Waals surface area contributed by atoms with Gasteiger partial charge in [0.25, 0.3) is 0 Å². The van der Waals surface area contributed by atoms with E-state index in [0.29, 0.717) is 0 Å². The first kappa shape index (κ1) is 18.2. The lowest BCUT2D eigenvalue weighted by atomic mass is 9.88. The van der Waals surface area contributed by atoms with E-state index in [2.05, 4.69) is 38.0 Å². The summed E-state index contributed by atoms with van der Waals surface area (Å²) in [5.74, 6) is 0.732. The fourth-order valence-corrected chi connectivity index (χ4v) is 3.09. The molecule has 0 spiro atoms. The van der Waals surface area contributed by atoms with Crippen LogP contribution in [-0.2, 0) is 0 Å². The first-order valence-corrected chi connectivity index (χ1v) is 9.19. The average molecular weight is 290 g/mol. The fourth-order valence-electron chi connectivity index (χ4n) is 3.09. The summed E-state index contributed by atoms with van der Waals surface area (Å²) in [6.07, 6.45) is 19.2. The van der Waals surface area contributed by atoms with E-state index >= 15 is 0 Å². The van der Waals surface area contributed by atoms with Crippen LogP contribution in [0.3, 0.4) is 0 Å². The SMILES string of the molecule is CCCCCCCC(CCCCCC)c1cncc(C)c1. The van der Waals surface area contributed by atoms with E-state index in [0.717, 1.165) is 5.92 Å². The molecule has 120 valence electrons. The lowest BCUT2D eigenvalue weighted by Gasteiger charge is -2.17. The molecule has 1 unspecified atom stereocenters. The molecule has 0 amide bonds. The standard InChI is InChI=1S/C20H35N/c1-4-6-8-10-12-14-19(13-11-9-7-5-2)20-15-18(3)16-21-17-20/h15-17,19H,4-14H2,1-3H3. The highest BCUT2D eigenvalue weighted by Crippen LogP contribution is 2.28. The molecule has 1 atom stereocenters. The molecule has 0 radical (unpaired) electrons. The number of aromatic nitrogens is 1. The van der Waals surface area contributed by atoms with Crippen molar-refractivity contribution < 1.29 is 0 Å². The molecule has 1 nitrogen and oxygen atoms in total. The highest BCUT2D eigenvalue weighted by molar-refractivity contribution is 5.20. The molecule has 0 saturated heterocycles. The van der Waals surface area contributed by atoms with E-state index in [9.17, 15) is 0 Å². The Balaban J connectivity index is 2.45. The third kappa shape index (κ3) is 8.24. The van der Waals surface area contributed by atoms with Gasteiger partial charge in [0.2, 0.25) is 0 Å². The Morgan fingerprint density at radius 2 is 1.38 bits per heavy atom. The number of rotatable bonds is 12. The van der Waals surface area contributed by atoms with Crippen molar-refractivity contribution in [2.24, 2.45) is 0 Å². The van der Waals surface area contributed by atoms with E-state index in [4.69, 9.17) is 0 Å². The molecule has 0 aliphatic rings.